The minimum Gasteiger partial charge on any atom is -0.285 e. The van der Waals surface area contributed by atoms with Crippen LogP contribution in [0.1, 0.15) is 31.2 Å². The van der Waals surface area contributed by atoms with Crippen LogP contribution in [0, 0.1) is 6.92 Å². The van der Waals surface area contributed by atoms with E-state index in [0.717, 1.165) is 21.9 Å². The first-order valence-electron chi connectivity index (χ1n) is 6.58. The Hall–Kier alpha value is -1.81. The van der Waals surface area contributed by atoms with Crippen LogP contribution in [0.2, 0.25) is 0 Å². The third-order valence-electron chi connectivity index (χ3n) is 3.12. The minimum atomic E-state index is 0.352. The van der Waals surface area contributed by atoms with Crippen molar-refractivity contribution in [1.29, 1.82) is 0 Å². The summed E-state index contributed by atoms with van der Waals surface area (Å²) in [7, 11) is 0. The average molecular weight is 282 g/mol. The summed E-state index contributed by atoms with van der Waals surface area (Å²) in [5, 5.41) is 8.45. The fraction of sp³-hybridized carbons (Fsp3) is 0.188. The zero-order valence-corrected chi connectivity index (χ0v) is 12.4. The lowest BCUT2D eigenvalue weighted by molar-refractivity contribution is 0.756. The number of aromatic nitrogens is 3. The fourth-order valence-corrected chi connectivity index (χ4v) is 2.97. The summed E-state index contributed by atoms with van der Waals surface area (Å²) in [5.41, 5.74) is 1.94. The standard InChI is InChI=1S/C16H16N3S/c1-11(2)16-18-17-15-9-8-13(10-19(15)16)20-14-7-5-4-6-12(14)3/h4-11H,3H2,1-2H3. The molecular weight excluding hydrogens is 266 g/mol. The largest absolute Gasteiger partial charge is 0.285 e. The Kier molecular flexibility index (Phi) is 3.49. The van der Waals surface area contributed by atoms with E-state index in [1.54, 1.807) is 11.8 Å². The van der Waals surface area contributed by atoms with E-state index in [1.165, 1.54) is 4.90 Å². The first-order valence-corrected chi connectivity index (χ1v) is 7.40. The Morgan fingerprint density at radius 3 is 2.65 bits per heavy atom. The van der Waals surface area contributed by atoms with Crippen LogP contribution in [0.25, 0.3) is 5.65 Å². The molecule has 3 aromatic rings. The molecule has 3 rings (SSSR count). The molecule has 0 bridgehead atoms. The molecule has 0 saturated carbocycles. The summed E-state index contributed by atoms with van der Waals surface area (Å²) >= 11 is 1.71. The highest BCUT2D eigenvalue weighted by molar-refractivity contribution is 7.99. The lowest BCUT2D eigenvalue weighted by Gasteiger charge is -2.07. The monoisotopic (exact) mass is 282 g/mol. The molecule has 4 heteroatoms. The maximum atomic E-state index is 4.25. The van der Waals surface area contributed by atoms with Crippen molar-refractivity contribution in [2.24, 2.45) is 0 Å². The van der Waals surface area contributed by atoms with Gasteiger partial charge in [0.05, 0.1) is 0 Å². The van der Waals surface area contributed by atoms with Crippen molar-refractivity contribution in [1.82, 2.24) is 14.6 Å². The van der Waals surface area contributed by atoms with Crippen LogP contribution in [0.15, 0.2) is 52.4 Å². The quantitative estimate of drug-likeness (QED) is 0.721. The van der Waals surface area contributed by atoms with E-state index in [-0.39, 0.29) is 0 Å². The van der Waals surface area contributed by atoms with Crippen LogP contribution < -0.4 is 0 Å². The topological polar surface area (TPSA) is 30.2 Å². The van der Waals surface area contributed by atoms with E-state index < -0.39 is 0 Å². The molecule has 101 valence electrons. The van der Waals surface area contributed by atoms with Crippen LogP contribution in [0.3, 0.4) is 0 Å². The molecule has 0 saturated heterocycles. The molecule has 0 aliphatic carbocycles. The Morgan fingerprint density at radius 1 is 1.10 bits per heavy atom. The predicted octanol–water partition coefficient (Wildman–Crippen LogP) is 4.19. The van der Waals surface area contributed by atoms with Gasteiger partial charge in [-0.1, -0.05) is 43.8 Å². The lowest BCUT2D eigenvalue weighted by atomic mass is 10.2. The maximum Gasteiger partial charge on any atom is 0.160 e. The molecule has 3 nitrogen and oxygen atoms in total. The molecule has 0 fully saturated rings. The fourth-order valence-electron chi connectivity index (χ4n) is 2.07. The van der Waals surface area contributed by atoms with Gasteiger partial charge in [-0.25, -0.2) is 0 Å². The van der Waals surface area contributed by atoms with Gasteiger partial charge in [-0.15, -0.1) is 10.2 Å². The van der Waals surface area contributed by atoms with E-state index in [4.69, 9.17) is 0 Å². The van der Waals surface area contributed by atoms with E-state index in [1.807, 2.05) is 24.3 Å². The first kappa shape index (κ1) is 13.2. The number of hydrogen-bond donors (Lipinski definition) is 0. The minimum absolute atomic E-state index is 0.352. The van der Waals surface area contributed by atoms with Crippen molar-refractivity contribution >= 4 is 17.4 Å². The average Bonchev–Trinajstić information content (AvgIpc) is 2.84. The summed E-state index contributed by atoms with van der Waals surface area (Å²) in [4.78, 5) is 2.33. The summed E-state index contributed by atoms with van der Waals surface area (Å²) in [6.45, 7) is 8.32. The highest BCUT2D eigenvalue weighted by Gasteiger charge is 2.10. The molecule has 2 aromatic heterocycles. The van der Waals surface area contributed by atoms with Gasteiger partial charge in [-0.2, -0.15) is 0 Å². The number of pyridine rings is 1. The van der Waals surface area contributed by atoms with Gasteiger partial charge in [0, 0.05) is 21.9 Å². The Labute approximate surface area is 123 Å². The number of benzene rings is 1. The summed E-state index contributed by atoms with van der Waals surface area (Å²) in [5.74, 6) is 1.34. The van der Waals surface area contributed by atoms with Gasteiger partial charge in [0.25, 0.3) is 0 Å². The summed E-state index contributed by atoms with van der Waals surface area (Å²) in [6.07, 6.45) is 2.10. The number of hydrogen-bond acceptors (Lipinski definition) is 3. The van der Waals surface area contributed by atoms with Crippen LogP contribution >= 0.6 is 11.8 Å². The Bertz CT molecular complexity index is 746. The number of fused-ring (bicyclic) bond motifs is 1. The third-order valence-corrected chi connectivity index (χ3v) is 4.21. The number of nitrogens with zero attached hydrogens (tertiary/aromatic N) is 3. The van der Waals surface area contributed by atoms with Crippen molar-refractivity contribution in [3.05, 3.63) is 60.9 Å². The zero-order chi connectivity index (χ0) is 14.1. The van der Waals surface area contributed by atoms with Gasteiger partial charge in [0.2, 0.25) is 0 Å². The predicted molar refractivity (Wildman–Crippen MR) is 82.1 cm³/mol. The van der Waals surface area contributed by atoms with Gasteiger partial charge in [-0.3, -0.25) is 4.40 Å². The third kappa shape index (κ3) is 2.43. The van der Waals surface area contributed by atoms with E-state index >= 15 is 0 Å². The highest BCUT2D eigenvalue weighted by Crippen LogP contribution is 2.30. The SMILES string of the molecule is [CH2]c1ccccc1Sc1ccc2nnc(C(C)C)n2c1. The van der Waals surface area contributed by atoms with Crippen molar-refractivity contribution in [2.45, 2.75) is 29.6 Å². The van der Waals surface area contributed by atoms with Gasteiger partial charge < -0.3 is 0 Å². The normalized spacial score (nSPS) is 11.4. The van der Waals surface area contributed by atoms with Crippen molar-refractivity contribution in [3.8, 4) is 0 Å². The smallest absolute Gasteiger partial charge is 0.160 e. The van der Waals surface area contributed by atoms with Crippen molar-refractivity contribution < 1.29 is 0 Å². The second kappa shape index (κ2) is 5.29. The second-order valence-electron chi connectivity index (χ2n) is 5.02. The van der Waals surface area contributed by atoms with Crippen molar-refractivity contribution in [3.63, 3.8) is 0 Å². The molecule has 0 N–H and O–H groups in total. The van der Waals surface area contributed by atoms with Gasteiger partial charge in [0.1, 0.15) is 5.82 Å². The van der Waals surface area contributed by atoms with Gasteiger partial charge in [0.15, 0.2) is 5.65 Å². The van der Waals surface area contributed by atoms with Crippen LogP contribution in [0.4, 0.5) is 0 Å². The molecule has 0 amide bonds. The van der Waals surface area contributed by atoms with Crippen LogP contribution in [-0.2, 0) is 0 Å². The Morgan fingerprint density at radius 2 is 1.90 bits per heavy atom. The molecule has 0 aliphatic rings. The van der Waals surface area contributed by atoms with E-state index in [2.05, 4.69) is 53.7 Å². The van der Waals surface area contributed by atoms with Crippen LogP contribution in [-0.4, -0.2) is 14.6 Å². The molecule has 20 heavy (non-hydrogen) atoms. The Balaban J connectivity index is 2.00. The molecule has 1 aromatic carbocycles. The molecule has 0 spiro atoms. The summed E-state index contributed by atoms with van der Waals surface area (Å²) in [6, 6.07) is 12.2. The first-order chi connectivity index (χ1) is 9.65. The molecular formula is C16H16N3S. The number of rotatable bonds is 3. The second-order valence-corrected chi connectivity index (χ2v) is 6.13. The maximum absolute atomic E-state index is 4.25. The molecule has 0 unspecified atom stereocenters. The van der Waals surface area contributed by atoms with Crippen molar-refractivity contribution in [2.75, 3.05) is 0 Å². The molecule has 1 radical (unpaired) electrons. The van der Waals surface area contributed by atoms with E-state index in [9.17, 15) is 0 Å². The van der Waals surface area contributed by atoms with Gasteiger partial charge >= 0.3 is 0 Å². The molecule has 0 atom stereocenters. The molecule has 2 heterocycles. The zero-order valence-electron chi connectivity index (χ0n) is 11.6. The summed E-state index contributed by atoms with van der Waals surface area (Å²) < 4.78 is 2.07. The van der Waals surface area contributed by atoms with Gasteiger partial charge in [-0.05, 0) is 30.7 Å². The van der Waals surface area contributed by atoms with E-state index in [0.29, 0.717) is 5.92 Å². The molecule has 0 aliphatic heterocycles. The van der Waals surface area contributed by atoms with Crippen LogP contribution in [0.5, 0.6) is 0 Å². The lowest BCUT2D eigenvalue weighted by Crippen LogP contribution is -1.96. The highest BCUT2D eigenvalue weighted by atomic mass is 32.2.